The minimum Gasteiger partial charge on any atom is -0.504 e. The van der Waals surface area contributed by atoms with Crippen LogP contribution < -0.4 is 10.1 Å². The van der Waals surface area contributed by atoms with Crippen molar-refractivity contribution in [2.24, 2.45) is 0 Å². The number of carbonyl (C=O) groups is 2. The topological polar surface area (TPSA) is 84.9 Å². The van der Waals surface area contributed by atoms with Gasteiger partial charge in [-0.05, 0) is 67.1 Å². The number of nitrogens with one attached hydrogen (secondary N) is 1. The van der Waals surface area contributed by atoms with E-state index in [-0.39, 0.29) is 24.1 Å². The fraction of sp³-hybridized carbons (Fsp3) is 0.273. The van der Waals surface area contributed by atoms with Crippen molar-refractivity contribution in [2.45, 2.75) is 44.9 Å². The lowest BCUT2D eigenvalue weighted by atomic mass is 9.71. The number of phenols is 1. The van der Waals surface area contributed by atoms with Gasteiger partial charge in [-0.25, -0.2) is 4.79 Å². The summed E-state index contributed by atoms with van der Waals surface area (Å²) in [6.07, 6.45) is 1.51. The first kappa shape index (κ1) is 27.5. The number of aromatic hydroxyl groups is 1. The molecule has 3 aromatic rings. The van der Waals surface area contributed by atoms with Crippen LogP contribution >= 0.6 is 11.6 Å². The Labute approximate surface area is 239 Å². The number of allylic oxidation sites excluding steroid dienone is 3. The fourth-order valence-electron chi connectivity index (χ4n) is 5.58. The molecule has 0 aromatic heterocycles. The average molecular weight is 558 g/mol. The maximum absolute atomic E-state index is 13.8. The third kappa shape index (κ3) is 5.77. The Hall–Kier alpha value is -4.03. The van der Waals surface area contributed by atoms with Gasteiger partial charge in [-0.3, -0.25) is 4.79 Å². The van der Waals surface area contributed by atoms with E-state index in [9.17, 15) is 14.7 Å². The lowest BCUT2D eigenvalue weighted by Gasteiger charge is -2.36. The molecule has 1 aliphatic heterocycles. The first-order valence-corrected chi connectivity index (χ1v) is 13.9. The second-order valence-corrected chi connectivity index (χ2v) is 10.5. The van der Waals surface area contributed by atoms with Crippen LogP contribution in [0.3, 0.4) is 0 Å². The molecule has 40 heavy (non-hydrogen) atoms. The predicted octanol–water partition coefficient (Wildman–Crippen LogP) is 6.59. The molecule has 1 aliphatic carbocycles. The van der Waals surface area contributed by atoms with Crippen LogP contribution in [0.25, 0.3) is 0 Å². The summed E-state index contributed by atoms with van der Waals surface area (Å²) in [6.45, 7) is 4.25. The van der Waals surface area contributed by atoms with Crippen LogP contribution in [0, 0.1) is 0 Å². The normalized spacial score (nSPS) is 18.7. The molecule has 0 bridgehead atoms. The van der Waals surface area contributed by atoms with Crippen molar-refractivity contribution < 1.29 is 24.2 Å². The van der Waals surface area contributed by atoms with Crippen molar-refractivity contribution in [1.82, 2.24) is 5.32 Å². The number of ether oxygens (including phenoxy) is 2. The van der Waals surface area contributed by atoms with Crippen LogP contribution in [0.2, 0.25) is 5.02 Å². The smallest absolute Gasteiger partial charge is 0.336 e. The van der Waals surface area contributed by atoms with Crippen molar-refractivity contribution in [3.8, 4) is 11.5 Å². The molecule has 0 saturated carbocycles. The molecule has 5 rings (SSSR count). The van der Waals surface area contributed by atoms with Gasteiger partial charge >= 0.3 is 5.97 Å². The summed E-state index contributed by atoms with van der Waals surface area (Å²) in [4.78, 5) is 27.4. The van der Waals surface area contributed by atoms with E-state index in [0.29, 0.717) is 59.0 Å². The maximum atomic E-state index is 13.8. The third-order valence-corrected chi connectivity index (χ3v) is 7.72. The number of phenolic OH excluding ortho intramolecular Hbond substituents is 1. The number of carbonyl (C=O) groups excluding carboxylic acids is 2. The second-order valence-electron chi connectivity index (χ2n) is 10.1. The Morgan fingerprint density at radius 2 is 1.75 bits per heavy atom. The number of benzene rings is 3. The van der Waals surface area contributed by atoms with E-state index in [1.807, 2.05) is 68.4 Å². The van der Waals surface area contributed by atoms with E-state index in [0.717, 1.165) is 16.8 Å². The van der Waals surface area contributed by atoms with Gasteiger partial charge in [0.05, 0.1) is 18.8 Å². The van der Waals surface area contributed by atoms with Crippen LogP contribution in [-0.2, 0) is 20.7 Å². The van der Waals surface area contributed by atoms with Crippen molar-refractivity contribution in [1.29, 1.82) is 0 Å². The number of halogens is 1. The molecule has 1 heterocycles. The highest BCUT2D eigenvalue weighted by Gasteiger charge is 2.41. The first-order valence-electron chi connectivity index (χ1n) is 13.5. The Balaban J connectivity index is 1.50. The molecular formula is C33H32ClNO5. The first-order chi connectivity index (χ1) is 19.4. The molecule has 0 radical (unpaired) electrons. The van der Waals surface area contributed by atoms with Gasteiger partial charge in [-0.1, -0.05) is 60.1 Å². The molecule has 0 fully saturated rings. The number of esters is 1. The molecule has 2 N–H and O–H groups in total. The highest BCUT2D eigenvalue weighted by Crippen LogP contribution is 2.47. The molecular weight excluding hydrogens is 526 g/mol. The Bertz CT molecular complexity index is 1480. The van der Waals surface area contributed by atoms with Gasteiger partial charge in [-0.15, -0.1) is 0 Å². The zero-order valence-corrected chi connectivity index (χ0v) is 23.3. The fourth-order valence-corrected chi connectivity index (χ4v) is 5.70. The summed E-state index contributed by atoms with van der Waals surface area (Å²) < 4.78 is 11.4. The van der Waals surface area contributed by atoms with Gasteiger partial charge in [0.2, 0.25) is 0 Å². The predicted molar refractivity (Wildman–Crippen MR) is 154 cm³/mol. The number of hydrogen-bond acceptors (Lipinski definition) is 6. The molecule has 0 unspecified atom stereocenters. The summed E-state index contributed by atoms with van der Waals surface area (Å²) in [7, 11) is 0. The van der Waals surface area contributed by atoms with E-state index >= 15 is 0 Å². The molecule has 2 aliphatic rings. The quantitative estimate of drug-likeness (QED) is 0.304. The molecule has 0 saturated heterocycles. The van der Waals surface area contributed by atoms with Crippen molar-refractivity contribution in [3.63, 3.8) is 0 Å². The van der Waals surface area contributed by atoms with Gasteiger partial charge in [0.15, 0.2) is 17.3 Å². The van der Waals surface area contributed by atoms with Crippen molar-refractivity contribution >= 4 is 23.4 Å². The van der Waals surface area contributed by atoms with E-state index in [1.165, 1.54) is 0 Å². The second kappa shape index (κ2) is 12.0. The van der Waals surface area contributed by atoms with Crippen LogP contribution in [0.5, 0.6) is 11.5 Å². The molecule has 206 valence electrons. The lowest BCUT2D eigenvalue weighted by Crippen LogP contribution is -2.36. The van der Waals surface area contributed by atoms with Gasteiger partial charge in [0, 0.05) is 40.7 Å². The number of hydrogen-bond donors (Lipinski definition) is 2. The van der Waals surface area contributed by atoms with Crippen LogP contribution in [0.15, 0.2) is 95.3 Å². The summed E-state index contributed by atoms with van der Waals surface area (Å²) in [5.74, 6) is -0.874. The molecule has 3 aromatic carbocycles. The SMILES string of the molecule is CCOc1cc([C@@H]2C(C(=O)OCCc3ccccc3)=C(C)NC3=C2C(=O)C[C@H](c2ccc(Cl)cc2)C3)ccc1O. The Morgan fingerprint density at radius 1 is 1.02 bits per heavy atom. The summed E-state index contributed by atoms with van der Waals surface area (Å²) in [5.41, 5.74) is 5.17. The highest BCUT2D eigenvalue weighted by molar-refractivity contribution is 6.30. The van der Waals surface area contributed by atoms with Crippen LogP contribution in [-0.4, -0.2) is 30.1 Å². The van der Waals surface area contributed by atoms with Crippen molar-refractivity contribution in [2.75, 3.05) is 13.2 Å². The minimum atomic E-state index is -0.654. The minimum absolute atomic E-state index is 0.000741. The number of dihydropyridines is 1. The largest absolute Gasteiger partial charge is 0.504 e. The third-order valence-electron chi connectivity index (χ3n) is 7.47. The Morgan fingerprint density at radius 3 is 2.48 bits per heavy atom. The summed E-state index contributed by atoms with van der Waals surface area (Å²) in [5, 5.41) is 14.4. The maximum Gasteiger partial charge on any atom is 0.336 e. The standard InChI is InChI=1S/C33H32ClNO5/c1-3-39-29-19-23(11-14-27(29)36)31-30(33(38)40-16-15-21-7-5-4-6-8-21)20(2)35-26-17-24(18-28(37)32(26)31)22-9-12-25(34)13-10-22/h4-14,19,24,31,35-36H,3,15-18H2,1-2H3/t24-,31-/m1/s1. The zero-order chi connectivity index (χ0) is 28.2. The lowest BCUT2D eigenvalue weighted by molar-refractivity contribution is -0.139. The van der Waals surface area contributed by atoms with Gasteiger partial charge in [0.25, 0.3) is 0 Å². The van der Waals surface area contributed by atoms with Crippen LogP contribution in [0.4, 0.5) is 0 Å². The monoisotopic (exact) mass is 557 g/mol. The van der Waals surface area contributed by atoms with Gasteiger partial charge in [-0.2, -0.15) is 0 Å². The molecule has 6 nitrogen and oxygen atoms in total. The average Bonchev–Trinajstić information content (AvgIpc) is 2.94. The van der Waals surface area contributed by atoms with Gasteiger partial charge < -0.3 is 19.9 Å². The highest BCUT2D eigenvalue weighted by atomic mass is 35.5. The number of rotatable bonds is 8. The van der Waals surface area contributed by atoms with Crippen molar-refractivity contribution in [3.05, 3.63) is 117 Å². The molecule has 0 amide bonds. The molecule has 0 spiro atoms. The Kier molecular flexibility index (Phi) is 8.27. The summed E-state index contributed by atoms with van der Waals surface area (Å²) in [6, 6.07) is 22.4. The van der Waals surface area contributed by atoms with Crippen LogP contribution in [0.1, 0.15) is 55.2 Å². The zero-order valence-electron chi connectivity index (χ0n) is 22.6. The van der Waals surface area contributed by atoms with E-state index < -0.39 is 11.9 Å². The van der Waals surface area contributed by atoms with E-state index in [2.05, 4.69) is 5.32 Å². The summed E-state index contributed by atoms with van der Waals surface area (Å²) >= 11 is 6.09. The number of Topliss-reactive ketones (excluding diaryl/α,β-unsaturated/α-hetero) is 1. The molecule has 2 atom stereocenters. The number of ketones is 1. The molecule has 7 heteroatoms. The van der Waals surface area contributed by atoms with E-state index in [1.54, 1.807) is 18.2 Å². The van der Waals surface area contributed by atoms with E-state index in [4.69, 9.17) is 21.1 Å². The van der Waals surface area contributed by atoms with Gasteiger partial charge in [0.1, 0.15) is 0 Å².